The van der Waals surface area contributed by atoms with Crippen molar-refractivity contribution in [3.8, 4) is 0 Å². The van der Waals surface area contributed by atoms with Crippen LogP contribution in [-0.4, -0.2) is 62.9 Å². The van der Waals surface area contributed by atoms with Crippen LogP contribution in [0.1, 0.15) is 41.6 Å². The van der Waals surface area contributed by atoms with Crippen LogP contribution < -0.4 is 4.31 Å². The van der Waals surface area contributed by atoms with Crippen LogP contribution in [0, 0.1) is 0 Å². The van der Waals surface area contributed by atoms with E-state index in [0.29, 0.717) is 18.5 Å². The lowest BCUT2D eigenvalue weighted by Gasteiger charge is -2.28. The minimum absolute atomic E-state index is 0.0550. The van der Waals surface area contributed by atoms with Crippen molar-refractivity contribution in [2.24, 2.45) is 0 Å². The third-order valence-corrected chi connectivity index (χ3v) is 8.63. The van der Waals surface area contributed by atoms with Gasteiger partial charge < -0.3 is 9.80 Å². The summed E-state index contributed by atoms with van der Waals surface area (Å²) in [5.41, 5.74) is 2.24. The molecule has 31 heavy (non-hydrogen) atoms. The first-order valence-corrected chi connectivity index (χ1v) is 12.7. The predicted octanol–water partition coefficient (Wildman–Crippen LogP) is 3.14. The van der Waals surface area contributed by atoms with Crippen LogP contribution in [0.15, 0.2) is 53.4 Å². The number of fused-ring (bicyclic) bond motifs is 1. The summed E-state index contributed by atoms with van der Waals surface area (Å²) in [4.78, 5) is 17.9. The minimum atomic E-state index is -3.71. The molecule has 2 aromatic rings. The molecule has 164 valence electrons. The number of amides is 1. The summed E-state index contributed by atoms with van der Waals surface area (Å²) in [7, 11) is -3.71. The average molecular weight is 440 g/mol. The van der Waals surface area contributed by atoms with E-state index in [1.165, 1.54) is 17.1 Å². The first-order valence-electron chi connectivity index (χ1n) is 11.3. The molecule has 5 rings (SSSR count). The van der Waals surface area contributed by atoms with Gasteiger partial charge in [-0.25, -0.2) is 8.42 Å². The zero-order valence-electron chi connectivity index (χ0n) is 17.7. The molecule has 0 aromatic heterocycles. The summed E-state index contributed by atoms with van der Waals surface area (Å²) in [6, 6.07) is 14.4. The molecule has 0 bridgehead atoms. The third kappa shape index (κ3) is 3.85. The van der Waals surface area contributed by atoms with Crippen LogP contribution in [-0.2, 0) is 16.4 Å². The van der Waals surface area contributed by atoms with Crippen molar-refractivity contribution in [2.75, 3.05) is 37.0 Å². The fourth-order valence-corrected chi connectivity index (χ4v) is 6.75. The zero-order chi connectivity index (χ0) is 21.4. The standard InChI is InChI=1S/C24H29N3O3S/c28-24(26-15-6-9-21(26)18-25-13-3-4-14-25)20-8-5-10-22(17-20)31(29,30)27-16-12-19-7-1-2-11-23(19)27/h1-2,5,7-8,10-11,17,21H,3-4,6,9,12-16,18H2. The van der Waals surface area contributed by atoms with Gasteiger partial charge in [-0.2, -0.15) is 0 Å². The minimum Gasteiger partial charge on any atom is -0.334 e. The highest BCUT2D eigenvalue weighted by atomic mass is 32.2. The van der Waals surface area contributed by atoms with Crippen LogP contribution in [0.4, 0.5) is 5.69 Å². The molecule has 0 spiro atoms. The number of sulfonamides is 1. The van der Waals surface area contributed by atoms with Crippen LogP contribution >= 0.6 is 0 Å². The summed E-state index contributed by atoms with van der Waals surface area (Å²) >= 11 is 0. The van der Waals surface area contributed by atoms with E-state index in [1.54, 1.807) is 24.3 Å². The van der Waals surface area contributed by atoms with Crippen molar-refractivity contribution < 1.29 is 13.2 Å². The van der Waals surface area contributed by atoms with Gasteiger partial charge in [-0.1, -0.05) is 24.3 Å². The molecule has 1 atom stereocenters. The van der Waals surface area contributed by atoms with Gasteiger partial charge in [0.25, 0.3) is 15.9 Å². The van der Waals surface area contributed by atoms with Crippen molar-refractivity contribution >= 4 is 21.6 Å². The number of likely N-dealkylation sites (tertiary alicyclic amines) is 2. The highest BCUT2D eigenvalue weighted by Gasteiger charge is 2.34. The quantitative estimate of drug-likeness (QED) is 0.718. The number of carbonyl (C=O) groups excluding carboxylic acids is 1. The van der Waals surface area contributed by atoms with Crippen molar-refractivity contribution in [3.05, 3.63) is 59.7 Å². The summed E-state index contributed by atoms with van der Waals surface area (Å²) < 4.78 is 28.2. The highest BCUT2D eigenvalue weighted by Crippen LogP contribution is 2.33. The molecule has 0 aliphatic carbocycles. The van der Waals surface area contributed by atoms with Crippen LogP contribution in [0.25, 0.3) is 0 Å². The zero-order valence-corrected chi connectivity index (χ0v) is 18.6. The Bertz CT molecular complexity index is 1080. The number of benzene rings is 2. The van der Waals surface area contributed by atoms with Crippen LogP contribution in [0.5, 0.6) is 0 Å². The van der Waals surface area contributed by atoms with E-state index in [1.807, 2.05) is 29.2 Å². The lowest BCUT2D eigenvalue weighted by atomic mass is 10.1. The number of para-hydroxylation sites is 1. The molecule has 0 radical (unpaired) electrons. The molecular weight excluding hydrogens is 410 g/mol. The Morgan fingerprint density at radius 3 is 2.58 bits per heavy atom. The van der Waals surface area contributed by atoms with Crippen molar-refractivity contribution in [1.29, 1.82) is 0 Å². The maximum atomic E-state index is 13.4. The molecule has 0 saturated carbocycles. The van der Waals surface area contributed by atoms with Crippen molar-refractivity contribution in [2.45, 2.75) is 43.0 Å². The van der Waals surface area contributed by atoms with Crippen molar-refractivity contribution in [1.82, 2.24) is 9.80 Å². The largest absolute Gasteiger partial charge is 0.334 e. The van der Waals surface area contributed by atoms with Gasteiger partial charge in [0.2, 0.25) is 0 Å². The van der Waals surface area contributed by atoms with E-state index in [4.69, 9.17) is 0 Å². The second-order valence-corrected chi connectivity index (χ2v) is 10.6. The molecule has 2 saturated heterocycles. The van der Waals surface area contributed by atoms with E-state index >= 15 is 0 Å². The van der Waals surface area contributed by atoms with Crippen LogP contribution in [0.2, 0.25) is 0 Å². The Labute approximate surface area is 184 Å². The molecule has 3 heterocycles. The maximum absolute atomic E-state index is 13.4. The Kier molecular flexibility index (Phi) is 5.48. The Morgan fingerprint density at radius 1 is 0.935 bits per heavy atom. The number of hydrogen-bond acceptors (Lipinski definition) is 4. The maximum Gasteiger partial charge on any atom is 0.264 e. The topological polar surface area (TPSA) is 60.9 Å². The smallest absolute Gasteiger partial charge is 0.264 e. The van der Waals surface area contributed by atoms with E-state index in [0.717, 1.165) is 50.3 Å². The molecule has 2 fully saturated rings. The number of anilines is 1. The second kappa shape index (κ2) is 8.28. The van der Waals surface area contributed by atoms with E-state index in [9.17, 15) is 13.2 Å². The van der Waals surface area contributed by atoms with Gasteiger partial charge in [0.15, 0.2) is 0 Å². The van der Waals surface area contributed by atoms with Gasteiger partial charge >= 0.3 is 0 Å². The van der Waals surface area contributed by atoms with Gasteiger partial charge in [0.1, 0.15) is 0 Å². The highest BCUT2D eigenvalue weighted by molar-refractivity contribution is 7.92. The average Bonchev–Trinajstić information content (AvgIpc) is 3.54. The molecule has 2 aromatic carbocycles. The molecule has 6 nitrogen and oxygen atoms in total. The summed E-state index contributed by atoms with van der Waals surface area (Å²) in [6.45, 7) is 4.33. The molecule has 1 amide bonds. The number of hydrogen-bond donors (Lipinski definition) is 0. The summed E-state index contributed by atoms with van der Waals surface area (Å²) in [6.07, 6.45) is 5.21. The molecule has 3 aliphatic heterocycles. The summed E-state index contributed by atoms with van der Waals surface area (Å²) in [5, 5.41) is 0. The Balaban J connectivity index is 1.38. The van der Waals surface area contributed by atoms with E-state index in [2.05, 4.69) is 4.90 Å². The van der Waals surface area contributed by atoms with Gasteiger partial charge in [-0.05, 0) is 75.0 Å². The molecule has 3 aliphatic rings. The number of carbonyl (C=O) groups is 1. The fourth-order valence-electron chi connectivity index (χ4n) is 5.20. The molecule has 1 unspecified atom stereocenters. The van der Waals surface area contributed by atoms with E-state index in [-0.39, 0.29) is 16.8 Å². The van der Waals surface area contributed by atoms with Crippen molar-refractivity contribution in [3.63, 3.8) is 0 Å². The second-order valence-electron chi connectivity index (χ2n) is 8.79. The molecular formula is C24H29N3O3S. The van der Waals surface area contributed by atoms with Gasteiger partial charge in [0, 0.05) is 31.2 Å². The SMILES string of the molecule is O=C(c1cccc(S(=O)(=O)N2CCc3ccccc32)c1)N1CCCC1CN1CCCC1. The number of rotatable bonds is 5. The number of nitrogens with zero attached hydrogens (tertiary/aromatic N) is 3. The van der Waals surface area contributed by atoms with Gasteiger partial charge in [-0.3, -0.25) is 9.10 Å². The van der Waals surface area contributed by atoms with Crippen LogP contribution in [0.3, 0.4) is 0 Å². The monoisotopic (exact) mass is 439 g/mol. The normalized spacial score (nSPS) is 21.6. The Hall–Kier alpha value is -2.38. The van der Waals surface area contributed by atoms with Gasteiger partial charge in [0.05, 0.1) is 10.6 Å². The lowest BCUT2D eigenvalue weighted by molar-refractivity contribution is 0.0708. The van der Waals surface area contributed by atoms with Gasteiger partial charge in [-0.15, -0.1) is 0 Å². The van der Waals surface area contributed by atoms with E-state index < -0.39 is 10.0 Å². The third-order valence-electron chi connectivity index (χ3n) is 6.82. The first kappa shape index (κ1) is 20.5. The summed E-state index contributed by atoms with van der Waals surface area (Å²) in [5.74, 6) is -0.0550. The Morgan fingerprint density at radius 2 is 1.74 bits per heavy atom. The predicted molar refractivity (Wildman–Crippen MR) is 121 cm³/mol. The first-order chi connectivity index (χ1) is 15.0. The lowest BCUT2D eigenvalue weighted by Crippen LogP contribution is -2.42. The molecule has 0 N–H and O–H groups in total. The molecule has 7 heteroatoms. The fraction of sp³-hybridized carbons (Fsp3) is 0.458.